The van der Waals surface area contributed by atoms with Gasteiger partial charge in [-0.15, -0.1) is 11.5 Å². The van der Waals surface area contributed by atoms with E-state index in [9.17, 15) is 9.59 Å². The highest BCUT2D eigenvalue weighted by atomic mass is 35.5. The largest absolute Gasteiger partial charge is 0.481 e. The molecule has 3 aromatic rings. The number of carbonyl (C=O) groups excluding carboxylic acids is 2. The summed E-state index contributed by atoms with van der Waals surface area (Å²) in [6, 6.07) is 14.1. The van der Waals surface area contributed by atoms with Crippen LogP contribution in [0.1, 0.15) is 34.8 Å². The average molecular weight is 478 g/mol. The summed E-state index contributed by atoms with van der Waals surface area (Å²) >= 11 is 6.05. The second kappa shape index (κ2) is 9.57. The van der Waals surface area contributed by atoms with Crippen LogP contribution in [0.25, 0.3) is 5.69 Å². The highest BCUT2D eigenvalue weighted by Gasteiger charge is 2.40. The third-order valence-electron chi connectivity index (χ3n) is 5.59. The van der Waals surface area contributed by atoms with Gasteiger partial charge in [0.25, 0.3) is 11.8 Å². The van der Waals surface area contributed by atoms with Crippen LogP contribution in [0.15, 0.2) is 54.9 Å². The number of halogens is 1. The van der Waals surface area contributed by atoms with Crippen molar-refractivity contribution in [3.8, 4) is 23.8 Å². The number of ether oxygens (including phenoxy) is 1. The van der Waals surface area contributed by atoms with Gasteiger partial charge in [-0.3, -0.25) is 9.59 Å². The van der Waals surface area contributed by atoms with Gasteiger partial charge in [0.15, 0.2) is 0 Å². The molecule has 0 N–H and O–H groups in total. The van der Waals surface area contributed by atoms with Crippen molar-refractivity contribution in [1.29, 1.82) is 0 Å². The lowest BCUT2D eigenvalue weighted by Crippen LogP contribution is -2.62. The van der Waals surface area contributed by atoms with E-state index >= 15 is 0 Å². The number of aromatic nitrogens is 3. The minimum atomic E-state index is -0.621. The van der Waals surface area contributed by atoms with Crippen LogP contribution >= 0.6 is 11.6 Å². The fourth-order valence-corrected chi connectivity index (χ4v) is 4.14. The number of hydrogen-bond acceptors (Lipinski definition) is 5. The monoisotopic (exact) mass is 477 g/mol. The number of rotatable bonds is 5. The van der Waals surface area contributed by atoms with Crippen LogP contribution in [0.4, 0.5) is 0 Å². The Morgan fingerprint density at radius 2 is 1.94 bits per heavy atom. The zero-order valence-corrected chi connectivity index (χ0v) is 19.7. The van der Waals surface area contributed by atoms with Crippen molar-refractivity contribution in [2.75, 3.05) is 26.2 Å². The van der Waals surface area contributed by atoms with Crippen molar-refractivity contribution in [1.82, 2.24) is 24.6 Å². The Labute approximate surface area is 203 Å². The number of piperazine rings is 1. The van der Waals surface area contributed by atoms with E-state index in [4.69, 9.17) is 22.8 Å². The number of hydrogen-bond donors (Lipinski definition) is 0. The summed E-state index contributed by atoms with van der Waals surface area (Å²) in [6.45, 7) is 5.08. The molecule has 9 heteroatoms. The van der Waals surface area contributed by atoms with E-state index in [1.54, 1.807) is 52.3 Å². The molecule has 2 heterocycles. The lowest BCUT2D eigenvalue weighted by Gasteiger charge is -2.46. The maximum absolute atomic E-state index is 13.2. The number of amides is 2. The number of benzene rings is 2. The van der Waals surface area contributed by atoms with E-state index in [2.05, 4.69) is 16.0 Å². The molecule has 0 radical (unpaired) electrons. The molecule has 0 bridgehead atoms. The fourth-order valence-electron chi connectivity index (χ4n) is 3.96. The molecule has 0 atom stereocenters. The Morgan fingerprint density at radius 1 is 1.15 bits per heavy atom. The van der Waals surface area contributed by atoms with E-state index in [-0.39, 0.29) is 24.2 Å². The second-order valence-electron chi connectivity index (χ2n) is 8.51. The zero-order valence-electron chi connectivity index (χ0n) is 18.9. The van der Waals surface area contributed by atoms with E-state index in [1.165, 1.54) is 11.0 Å². The van der Waals surface area contributed by atoms with Crippen LogP contribution in [0.5, 0.6) is 5.75 Å². The van der Waals surface area contributed by atoms with Crippen LogP contribution < -0.4 is 4.74 Å². The Morgan fingerprint density at radius 3 is 2.68 bits per heavy atom. The van der Waals surface area contributed by atoms with Crippen LogP contribution in [0, 0.1) is 12.3 Å². The smallest absolute Gasteiger partial charge is 0.294 e. The third-order valence-corrected chi connectivity index (χ3v) is 5.83. The highest BCUT2D eigenvalue weighted by Crippen LogP contribution is 2.25. The van der Waals surface area contributed by atoms with Gasteiger partial charge in [-0.1, -0.05) is 29.7 Å². The van der Waals surface area contributed by atoms with Crippen LogP contribution in [0.2, 0.25) is 5.02 Å². The van der Waals surface area contributed by atoms with Crippen molar-refractivity contribution in [3.63, 3.8) is 0 Å². The molecule has 34 heavy (non-hydrogen) atoms. The first kappa shape index (κ1) is 23.3. The van der Waals surface area contributed by atoms with Crippen LogP contribution in [0.3, 0.4) is 0 Å². The van der Waals surface area contributed by atoms with Crippen molar-refractivity contribution in [3.05, 3.63) is 71.3 Å². The lowest BCUT2D eigenvalue weighted by atomic mass is 9.97. The standard InChI is InChI=1S/C25H24ClN5O3/c1-4-13-34-21-10-5-7-18(14-21)23(32)29-11-12-30(25(2,3)16-29)24(33)22-27-17-31(28-22)20-9-6-8-19(26)15-20/h1,5-10,14-15,17H,11-13,16H2,2-3H3. The van der Waals surface area contributed by atoms with Gasteiger partial charge in [0.1, 0.15) is 18.7 Å². The molecular weight excluding hydrogens is 454 g/mol. The summed E-state index contributed by atoms with van der Waals surface area (Å²) in [6.07, 6.45) is 6.73. The predicted octanol–water partition coefficient (Wildman–Crippen LogP) is 3.31. The molecule has 1 aliphatic heterocycles. The zero-order chi connectivity index (χ0) is 24.3. The Bertz CT molecular complexity index is 1260. The van der Waals surface area contributed by atoms with Crippen molar-refractivity contribution in [2.45, 2.75) is 19.4 Å². The number of carbonyl (C=O) groups is 2. The lowest BCUT2D eigenvalue weighted by molar-refractivity contribution is 0.0160. The molecule has 1 fully saturated rings. The molecule has 4 rings (SSSR count). The summed E-state index contributed by atoms with van der Waals surface area (Å²) in [4.78, 5) is 34.0. The molecule has 1 aromatic heterocycles. The molecular formula is C25H24ClN5O3. The van der Waals surface area contributed by atoms with Gasteiger partial charge in [-0.2, -0.15) is 0 Å². The van der Waals surface area contributed by atoms with Crippen LogP contribution in [-0.2, 0) is 0 Å². The summed E-state index contributed by atoms with van der Waals surface area (Å²) in [5.41, 5.74) is 0.596. The van der Waals surface area contributed by atoms with E-state index in [1.807, 2.05) is 19.9 Å². The molecule has 0 unspecified atom stereocenters. The Hall–Kier alpha value is -3.83. The first-order valence-electron chi connectivity index (χ1n) is 10.7. The van der Waals surface area contributed by atoms with Gasteiger partial charge in [0, 0.05) is 30.2 Å². The molecule has 0 spiro atoms. The summed E-state index contributed by atoms with van der Waals surface area (Å²) < 4.78 is 6.94. The van der Waals surface area contributed by atoms with Gasteiger partial charge in [0.05, 0.1) is 11.2 Å². The normalized spacial score (nSPS) is 15.0. The van der Waals surface area contributed by atoms with Crippen molar-refractivity contribution >= 4 is 23.4 Å². The molecule has 2 amide bonds. The topological polar surface area (TPSA) is 80.6 Å². The highest BCUT2D eigenvalue weighted by molar-refractivity contribution is 6.30. The average Bonchev–Trinajstić information content (AvgIpc) is 3.32. The van der Waals surface area contributed by atoms with Gasteiger partial charge in [-0.05, 0) is 50.2 Å². The van der Waals surface area contributed by atoms with E-state index < -0.39 is 5.54 Å². The minimum absolute atomic E-state index is 0.0891. The third kappa shape index (κ3) is 4.90. The second-order valence-corrected chi connectivity index (χ2v) is 8.95. The summed E-state index contributed by atoms with van der Waals surface area (Å²) in [7, 11) is 0. The van der Waals surface area contributed by atoms with E-state index in [0.717, 1.165) is 0 Å². The Kier molecular flexibility index (Phi) is 6.57. The first-order chi connectivity index (χ1) is 16.3. The molecule has 0 aliphatic carbocycles. The fraction of sp³-hybridized carbons (Fsp3) is 0.280. The van der Waals surface area contributed by atoms with Gasteiger partial charge in [-0.25, -0.2) is 9.67 Å². The minimum Gasteiger partial charge on any atom is -0.481 e. The van der Waals surface area contributed by atoms with Gasteiger partial charge < -0.3 is 14.5 Å². The molecule has 1 aliphatic rings. The van der Waals surface area contributed by atoms with Crippen LogP contribution in [-0.4, -0.2) is 68.2 Å². The summed E-state index contributed by atoms with van der Waals surface area (Å²) in [5.74, 6) is 2.62. The van der Waals surface area contributed by atoms with E-state index in [0.29, 0.717) is 41.7 Å². The maximum atomic E-state index is 13.2. The number of terminal acetylenes is 1. The maximum Gasteiger partial charge on any atom is 0.294 e. The van der Waals surface area contributed by atoms with Gasteiger partial charge in [0.2, 0.25) is 5.82 Å². The number of nitrogens with zero attached hydrogens (tertiary/aromatic N) is 5. The van der Waals surface area contributed by atoms with Gasteiger partial charge >= 0.3 is 0 Å². The molecule has 1 saturated heterocycles. The molecule has 2 aromatic carbocycles. The molecule has 8 nitrogen and oxygen atoms in total. The Balaban J connectivity index is 1.47. The molecule has 174 valence electrons. The molecule has 0 saturated carbocycles. The summed E-state index contributed by atoms with van der Waals surface area (Å²) in [5, 5.41) is 4.91. The first-order valence-corrected chi connectivity index (χ1v) is 11.1. The quantitative estimate of drug-likeness (QED) is 0.527. The van der Waals surface area contributed by atoms with Crippen molar-refractivity contribution in [2.24, 2.45) is 0 Å². The van der Waals surface area contributed by atoms with Crippen molar-refractivity contribution < 1.29 is 14.3 Å². The predicted molar refractivity (Wildman–Crippen MR) is 128 cm³/mol. The SMILES string of the molecule is C#CCOc1cccc(C(=O)N2CCN(C(=O)c3ncn(-c4cccc(Cl)c4)n3)C(C)(C)C2)c1.